The Morgan fingerprint density at radius 1 is 1.15 bits per heavy atom. The number of aryl methyl sites for hydroxylation is 1. The molecule has 2 unspecified atom stereocenters. The monoisotopic (exact) mass is 367 g/mol. The number of fused-ring (bicyclic) bond motifs is 1. The Morgan fingerprint density at radius 3 is 2.70 bits per heavy atom. The number of para-hydroxylation sites is 2. The topological polar surface area (TPSA) is 71.0 Å². The number of benzene rings is 2. The molecular weight excluding hydrogens is 342 g/mol. The van der Waals surface area contributed by atoms with Crippen molar-refractivity contribution < 1.29 is 19.7 Å². The smallest absolute Gasteiger partial charge is 0.162 e. The summed E-state index contributed by atoms with van der Waals surface area (Å²) in [6, 6.07) is 13.1. The predicted octanol–water partition coefficient (Wildman–Crippen LogP) is 2.29. The van der Waals surface area contributed by atoms with E-state index in [1.165, 1.54) is 11.1 Å². The Kier molecular flexibility index (Phi) is 6.59. The average molecular weight is 367 g/mol. The summed E-state index contributed by atoms with van der Waals surface area (Å²) in [6.07, 6.45) is 7.40. The van der Waals surface area contributed by atoms with Gasteiger partial charge in [-0.05, 0) is 54.7 Å². The molecule has 3 N–H and O–H groups in total. The van der Waals surface area contributed by atoms with Gasteiger partial charge in [-0.25, -0.2) is 0 Å². The molecule has 27 heavy (non-hydrogen) atoms. The van der Waals surface area contributed by atoms with Crippen LogP contribution in [0.25, 0.3) is 0 Å². The lowest BCUT2D eigenvalue weighted by Crippen LogP contribution is -2.40. The van der Waals surface area contributed by atoms with Crippen LogP contribution in [0.4, 0.5) is 0 Å². The summed E-state index contributed by atoms with van der Waals surface area (Å²) in [5, 5.41) is 23.3. The van der Waals surface area contributed by atoms with Crippen molar-refractivity contribution in [2.75, 3.05) is 19.8 Å². The van der Waals surface area contributed by atoms with Crippen molar-refractivity contribution in [2.24, 2.45) is 0 Å². The van der Waals surface area contributed by atoms with E-state index in [0.717, 1.165) is 19.3 Å². The highest BCUT2D eigenvalue weighted by Gasteiger charge is 2.19. The van der Waals surface area contributed by atoms with Gasteiger partial charge in [0.15, 0.2) is 11.5 Å². The van der Waals surface area contributed by atoms with Gasteiger partial charge in [0, 0.05) is 12.6 Å². The second-order valence-corrected chi connectivity index (χ2v) is 6.71. The van der Waals surface area contributed by atoms with Crippen molar-refractivity contribution in [3.05, 3.63) is 53.6 Å². The maximum atomic E-state index is 10.2. The van der Waals surface area contributed by atoms with E-state index in [1.54, 1.807) is 18.2 Å². The number of rotatable bonds is 8. The first-order chi connectivity index (χ1) is 13.2. The number of phenolic OH excluding ortho intramolecular Hbond substituents is 1. The Bertz CT molecular complexity index is 799. The third kappa shape index (κ3) is 5.40. The van der Waals surface area contributed by atoms with E-state index in [1.807, 2.05) is 24.3 Å². The number of hydrogen-bond donors (Lipinski definition) is 3. The summed E-state index contributed by atoms with van der Waals surface area (Å²) in [4.78, 5) is 0. The summed E-state index contributed by atoms with van der Waals surface area (Å²) in [7, 11) is 0. The first-order valence-electron chi connectivity index (χ1n) is 9.16. The van der Waals surface area contributed by atoms with Gasteiger partial charge in [-0.1, -0.05) is 24.1 Å². The fraction of sp³-hybridized carbons (Fsp3) is 0.364. The molecule has 142 valence electrons. The molecule has 0 saturated heterocycles. The summed E-state index contributed by atoms with van der Waals surface area (Å²) in [5.41, 5.74) is 2.46. The molecular formula is C22H25NO4. The number of aliphatic hydroxyl groups is 1. The molecule has 1 aliphatic carbocycles. The zero-order valence-electron chi connectivity index (χ0n) is 15.2. The Hall–Kier alpha value is -2.68. The SMILES string of the molecule is C#CCOc1ccccc1OCC(O)CNC1CCc2ccc(O)cc2C1. The molecule has 1 aliphatic rings. The summed E-state index contributed by atoms with van der Waals surface area (Å²) < 4.78 is 11.1. The van der Waals surface area contributed by atoms with Crippen molar-refractivity contribution in [1.82, 2.24) is 5.32 Å². The number of aromatic hydroxyl groups is 1. The molecule has 5 heteroatoms. The van der Waals surface area contributed by atoms with E-state index in [-0.39, 0.29) is 19.3 Å². The van der Waals surface area contributed by atoms with Crippen LogP contribution in [-0.4, -0.2) is 42.1 Å². The number of hydrogen-bond acceptors (Lipinski definition) is 5. The van der Waals surface area contributed by atoms with Crippen molar-refractivity contribution in [2.45, 2.75) is 31.4 Å². The van der Waals surface area contributed by atoms with E-state index >= 15 is 0 Å². The molecule has 3 rings (SSSR count). The van der Waals surface area contributed by atoms with Crippen molar-refractivity contribution in [3.8, 4) is 29.6 Å². The number of nitrogens with one attached hydrogen (secondary N) is 1. The molecule has 0 heterocycles. The van der Waals surface area contributed by atoms with Crippen LogP contribution in [0.2, 0.25) is 0 Å². The molecule has 2 atom stereocenters. The molecule has 2 aromatic rings. The quantitative estimate of drug-likeness (QED) is 0.625. The lowest BCUT2D eigenvalue weighted by atomic mass is 9.88. The second kappa shape index (κ2) is 9.31. The van der Waals surface area contributed by atoms with Gasteiger partial charge in [-0.2, -0.15) is 0 Å². The van der Waals surface area contributed by atoms with E-state index in [0.29, 0.717) is 23.8 Å². The van der Waals surface area contributed by atoms with Crippen LogP contribution < -0.4 is 14.8 Å². The molecule has 0 aromatic heterocycles. The van der Waals surface area contributed by atoms with Crippen molar-refractivity contribution in [3.63, 3.8) is 0 Å². The molecule has 0 spiro atoms. The minimum Gasteiger partial charge on any atom is -0.508 e. The highest BCUT2D eigenvalue weighted by molar-refractivity contribution is 5.39. The first kappa shape index (κ1) is 19.1. The molecule has 5 nitrogen and oxygen atoms in total. The van der Waals surface area contributed by atoms with Gasteiger partial charge in [-0.3, -0.25) is 0 Å². The summed E-state index contributed by atoms with van der Waals surface area (Å²) in [5.74, 6) is 3.85. The molecule has 0 radical (unpaired) electrons. The minimum atomic E-state index is -0.642. The first-order valence-corrected chi connectivity index (χ1v) is 9.16. The highest BCUT2D eigenvalue weighted by atomic mass is 16.5. The number of phenols is 1. The largest absolute Gasteiger partial charge is 0.508 e. The number of aliphatic hydroxyl groups excluding tert-OH is 1. The molecule has 0 saturated carbocycles. The van der Waals surface area contributed by atoms with Gasteiger partial charge in [-0.15, -0.1) is 6.42 Å². The van der Waals surface area contributed by atoms with E-state index in [9.17, 15) is 10.2 Å². The standard InChI is InChI=1S/C22H25NO4/c1-2-11-26-21-5-3-4-6-22(21)27-15-20(25)14-23-18-9-7-16-8-10-19(24)13-17(16)12-18/h1,3-6,8,10,13,18,20,23-25H,7,9,11-12,14-15H2. The predicted molar refractivity (Wildman–Crippen MR) is 104 cm³/mol. The van der Waals surface area contributed by atoms with E-state index < -0.39 is 6.10 Å². The third-order valence-electron chi connectivity index (χ3n) is 4.65. The summed E-state index contributed by atoms with van der Waals surface area (Å²) in [6.45, 7) is 0.767. The molecule has 2 aromatic carbocycles. The zero-order chi connectivity index (χ0) is 19.1. The van der Waals surface area contributed by atoms with Gasteiger partial charge in [0.1, 0.15) is 25.1 Å². The van der Waals surface area contributed by atoms with Crippen LogP contribution in [0.15, 0.2) is 42.5 Å². The number of ether oxygens (including phenoxy) is 2. The second-order valence-electron chi connectivity index (χ2n) is 6.71. The number of terminal acetylenes is 1. The average Bonchev–Trinajstić information content (AvgIpc) is 2.69. The van der Waals surface area contributed by atoms with Crippen LogP contribution in [0.3, 0.4) is 0 Å². The fourth-order valence-corrected chi connectivity index (χ4v) is 3.27. The zero-order valence-corrected chi connectivity index (χ0v) is 15.2. The lowest BCUT2D eigenvalue weighted by molar-refractivity contribution is 0.101. The lowest BCUT2D eigenvalue weighted by Gasteiger charge is -2.26. The van der Waals surface area contributed by atoms with Gasteiger partial charge in [0.2, 0.25) is 0 Å². The fourth-order valence-electron chi connectivity index (χ4n) is 3.27. The molecule has 0 fully saturated rings. The molecule has 0 amide bonds. The molecule has 0 bridgehead atoms. The Labute approximate surface area is 159 Å². The van der Waals surface area contributed by atoms with Crippen LogP contribution in [-0.2, 0) is 12.8 Å². The van der Waals surface area contributed by atoms with E-state index in [2.05, 4.69) is 11.2 Å². The normalized spacial score (nSPS) is 16.8. The Balaban J connectivity index is 1.45. The van der Waals surface area contributed by atoms with Gasteiger partial charge in [0.05, 0.1) is 0 Å². The van der Waals surface area contributed by atoms with Crippen molar-refractivity contribution in [1.29, 1.82) is 0 Å². The van der Waals surface area contributed by atoms with Gasteiger partial charge >= 0.3 is 0 Å². The van der Waals surface area contributed by atoms with Crippen LogP contribution in [0.1, 0.15) is 17.5 Å². The van der Waals surface area contributed by atoms with Gasteiger partial charge < -0.3 is 25.0 Å². The summed E-state index contributed by atoms with van der Waals surface area (Å²) >= 11 is 0. The minimum absolute atomic E-state index is 0.160. The highest BCUT2D eigenvalue weighted by Crippen LogP contribution is 2.27. The third-order valence-corrected chi connectivity index (χ3v) is 4.65. The van der Waals surface area contributed by atoms with Crippen LogP contribution in [0.5, 0.6) is 17.2 Å². The van der Waals surface area contributed by atoms with Crippen LogP contribution >= 0.6 is 0 Å². The maximum Gasteiger partial charge on any atom is 0.162 e. The maximum absolute atomic E-state index is 10.2. The Morgan fingerprint density at radius 2 is 1.93 bits per heavy atom. The van der Waals surface area contributed by atoms with Crippen molar-refractivity contribution >= 4 is 0 Å². The van der Waals surface area contributed by atoms with E-state index in [4.69, 9.17) is 15.9 Å². The van der Waals surface area contributed by atoms with Crippen LogP contribution in [0, 0.1) is 12.3 Å². The molecule has 0 aliphatic heterocycles. The van der Waals surface area contributed by atoms with Gasteiger partial charge in [0.25, 0.3) is 0 Å².